The number of aryl methyl sites for hydroxylation is 1. The molecule has 17 heteroatoms. The van der Waals surface area contributed by atoms with Gasteiger partial charge in [-0.2, -0.15) is 26.4 Å². The van der Waals surface area contributed by atoms with E-state index in [4.69, 9.17) is 23.1 Å². The smallest absolute Gasteiger partial charge is 0.493 e. The summed E-state index contributed by atoms with van der Waals surface area (Å²) in [5, 5.41) is 10.8. The fourth-order valence-corrected chi connectivity index (χ4v) is 8.79. The Morgan fingerprint density at radius 3 is 1.88 bits per heavy atom. The van der Waals surface area contributed by atoms with Crippen molar-refractivity contribution in [2.75, 3.05) is 52.5 Å². The van der Waals surface area contributed by atoms with Crippen LogP contribution >= 0.6 is 0 Å². The molecule has 283 valence electrons. The first-order valence-corrected chi connectivity index (χ1v) is 19.3. The molecule has 0 N–H and O–H groups in total. The van der Waals surface area contributed by atoms with Crippen LogP contribution in [0.25, 0.3) is 0 Å². The van der Waals surface area contributed by atoms with Crippen LogP contribution in [-0.4, -0.2) is 107 Å². The van der Waals surface area contributed by atoms with Crippen molar-refractivity contribution in [2.24, 2.45) is 0 Å². The number of nitrogens with zero attached hydrogens (tertiary/aromatic N) is 2. The quantitative estimate of drug-likeness (QED) is 0.0955. The van der Waals surface area contributed by atoms with E-state index in [1.165, 1.54) is 24.3 Å². The Bertz CT molecular complexity index is 1800. The first-order valence-electron chi connectivity index (χ1n) is 16.5. The summed E-state index contributed by atoms with van der Waals surface area (Å²) in [7, 11) is -9.89. The first kappa shape index (κ1) is 41.6. The van der Waals surface area contributed by atoms with Crippen LogP contribution < -0.4 is 8.92 Å². The van der Waals surface area contributed by atoms with Gasteiger partial charge in [-0.25, -0.2) is 14.4 Å². The van der Waals surface area contributed by atoms with E-state index in [9.17, 15) is 36.3 Å². The number of ether oxygens (including phenoxy) is 4. The summed E-state index contributed by atoms with van der Waals surface area (Å²) < 4.78 is 82.6. The van der Waals surface area contributed by atoms with Crippen molar-refractivity contribution in [3.63, 3.8) is 0 Å². The molecule has 1 fully saturated rings. The highest BCUT2D eigenvalue weighted by atomic mass is 32.2. The third kappa shape index (κ3) is 10.2. The summed E-state index contributed by atoms with van der Waals surface area (Å²) in [6.45, 7) is 10.2. The van der Waals surface area contributed by atoms with E-state index in [0.29, 0.717) is 5.56 Å². The van der Waals surface area contributed by atoms with Crippen molar-refractivity contribution in [1.82, 2.24) is 0 Å². The number of carbonyl (C=O) groups excluding carboxylic acids is 3. The lowest BCUT2D eigenvalue weighted by Crippen LogP contribution is -2.73. The van der Waals surface area contributed by atoms with Gasteiger partial charge in [-0.15, -0.1) is 3.89 Å². The molecule has 15 nitrogen and oxygen atoms in total. The van der Waals surface area contributed by atoms with E-state index in [2.05, 4.69) is 0 Å². The predicted molar refractivity (Wildman–Crippen MR) is 182 cm³/mol. The number of hydrogen-bond donors (Lipinski definition) is 0. The third-order valence-electron chi connectivity index (χ3n) is 7.67. The van der Waals surface area contributed by atoms with Crippen LogP contribution in [0.15, 0.2) is 52.3 Å². The van der Waals surface area contributed by atoms with Crippen molar-refractivity contribution in [1.29, 1.82) is 0 Å². The molecule has 0 saturated carbocycles. The average molecular weight is 758 g/mol. The molecular formula is C34H49N2O13S2+2. The fourth-order valence-electron chi connectivity index (χ4n) is 5.34. The molecule has 1 aliphatic rings. The van der Waals surface area contributed by atoms with Gasteiger partial charge >= 0.3 is 38.3 Å². The van der Waals surface area contributed by atoms with Gasteiger partial charge in [0, 0.05) is 12.5 Å². The van der Waals surface area contributed by atoms with Crippen molar-refractivity contribution in [2.45, 2.75) is 82.8 Å². The monoisotopic (exact) mass is 757 g/mol. The Morgan fingerprint density at radius 2 is 1.33 bits per heavy atom. The molecule has 0 aromatic heterocycles. The van der Waals surface area contributed by atoms with Gasteiger partial charge in [-0.3, -0.25) is 0 Å². The lowest BCUT2D eigenvalue weighted by Gasteiger charge is -2.44. The summed E-state index contributed by atoms with van der Waals surface area (Å²) in [6, 6.07) is 9.02. The molecule has 0 spiro atoms. The van der Waals surface area contributed by atoms with Gasteiger partial charge in [0.1, 0.15) is 45.6 Å². The van der Waals surface area contributed by atoms with Gasteiger partial charge in [0.05, 0.1) is 19.8 Å². The van der Waals surface area contributed by atoms with E-state index in [1.807, 2.05) is 0 Å². The van der Waals surface area contributed by atoms with Gasteiger partial charge in [0.15, 0.2) is 19.6 Å². The number of piperazine rings is 1. The maximum absolute atomic E-state index is 14.8. The lowest BCUT2D eigenvalue weighted by atomic mass is 10.2. The van der Waals surface area contributed by atoms with E-state index in [1.54, 1.807) is 61.5 Å². The second-order valence-corrected chi connectivity index (χ2v) is 17.8. The largest absolute Gasteiger partial charge is 0.532 e. The van der Waals surface area contributed by atoms with Crippen molar-refractivity contribution in [3.8, 4) is 11.5 Å². The summed E-state index contributed by atoms with van der Waals surface area (Å²) >= 11 is 0. The molecule has 2 aromatic rings. The standard InChI is InChI=1S/C34H49N2O13S2/c1-9-45-30(38)24-35(31(39)47-33(3,4)5)15-17-36(18-16-35,32(40)48-34(6,7)8)50(41,42)28-13-10-11-14-29(28)51(43,44)49-27-22-25(2)21-26(23-27)46-20-12-19-37/h10-11,13-14,21-23H,9,12,15-20,24H2,1-8H3/q+2. The number of amides is 2. The molecular weight excluding hydrogens is 709 g/mol. The van der Waals surface area contributed by atoms with E-state index < -0.39 is 87.3 Å². The van der Waals surface area contributed by atoms with Crippen LogP contribution in [0, 0.1) is 6.92 Å². The van der Waals surface area contributed by atoms with E-state index in [0.717, 1.165) is 12.1 Å². The van der Waals surface area contributed by atoms with Crippen LogP contribution in [0.5, 0.6) is 11.5 Å². The molecule has 0 unspecified atom stereocenters. The van der Waals surface area contributed by atoms with Crippen LogP contribution in [0.3, 0.4) is 0 Å². The minimum Gasteiger partial charge on any atom is -0.493 e. The fraction of sp³-hybridized carbons (Fsp3) is 0.559. The third-order valence-corrected chi connectivity index (χ3v) is 11.4. The highest BCUT2D eigenvalue weighted by Crippen LogP contribution is 2.36. The van der Waals surface area contributed by atoms with E-state index in [-0.39, 0.29) is 50.8 Å². The van der Waals surface area contributed by atoms with Crippen molar-refractivity contribution in [3.05, 3.63) is 48.0 Å². The Hall–Kier alpha value is -3.77. The normalized spacial score (nSPS) is 19.9. The molecule has 2 aromatic carbocycles. The van der Waals surface area contributed by atoms with Gasteiger partial charge in [0.2, 0.25) is 0 Å². The highest BCUT2D eigenvalue weighted by Gasteiger charge is 2.62. The Kier molecular flexibility index (Phi) is 12.9. The summed E-state index contributed by atoms with van der Waals surface area (Å²) in [5.74, 6) is -0.661. The summed E-state index contributed by atoms with van der Waals surface area (Å²) in [4.78, 5) is 39.0. The summed E-state index contributed by atoms with van der Waals surface area (Å²) in [5.41, 5.74) is -1.56. The number of hydrogen-bond acceptors (Lipinski definition) is 12. The van der Waals surface area contributed by atoms with Crippen molar-refractivity contribution < 1.29 is 67.8 Å². The molecule has 0 bridgehead atoms. The van der Waals surface area contributed by atoms with Crippen LogP contribution in [-0.2, 0) is 44.3 Å². The molecule has 1 heterocycles. The minimum atomic E-state index is -5.01. The zero-order valence-electron chi connectivity index (χ0n) is 30.4. The Labute approximate surface area is 300 Å². The maximum atomic E-state index is 14.8. The number of quaternary nitrogens is 2. The molecule has 3 rings (SSSR count). The van der Waals surface area contributed by atoms with Gasteiger partial charge in [-0.1, -0.05) is 12.1 Å². The zero-order chi connectivity index (χ0) is 38.5. The number of benzene rings is 2. The maximum Gasteiger partial charge on any atom is 0.532 e. The lowest BCUT2D eigenvalue weighted by molar-refractivity contribution is -0.919. The molecule has 51 heavy (non-hydrogen) atoms. The Balaban J connectivity index is 2.14. The number of carbonyl (C=O) groups is 3. The van der Waals surface area contributed by atoms with Gasteiger partial charge < -0.3 is 23.1 Å². The van der Waals surface area contributed by atoms with Crippen molar-refractivity contribution >= 4 is 38.3 Å². The number of esters is 1. The molecule has 2 amide bonds. The number of rotatable bonds is 12. The van der Waals surface area contributed by atoms with Crippen LogP contribution in [0.1, 0.15) is 60.5 Å². The van der Waals surface area contributed by atoms with Crippen LogP contribution in [0.2, 0.25) is 0 Å². The summed E-state index contributed by atoms with van der Waals surface area (Å²) in [6.07, 6.45) is -1.79. The van der Waals surface area contributed by atoms with Gasteiger partial charge in [-0.05, 0) is 85.2 Å². The molecule has 0 aliphatic carbocycles. The SMILES string of the molecule is CCOC(=O)C[N+]1(C(=O)OC(C)(C)C)CC[N+](C(=O)OC(C)(C)C)(S(=O)(=O)c2ccccc2S(=O)(=O)Oc2cc(C)cc(OCCC[O])c2)CC1. The van der Waals surface area contributed by atoms with Crippen LogP contribution in [0.4, 0.5) is 9.59 Å². The highest BCUT2D eigenvalue weighted by molar-refractivity contribution is 7.90. The molecule has 0 atom stereocenters. The topological polar surface area (TPSA) is 186 Å². The van der Waals surface area contributed by atoms with Gasteiger partial charge in [0.25, 0.3) is 0 Å². The minimum absolute atomic E-state index is 0.0328. The number of sulfonamides is 1. The second kappa shape index (κ2) is 15.9. The molecule has 1 aliphatic heterocycles. The Morgan fingerprint density at radius 1 is 0.784 bits per heavy atom. The first-order chi connectivity index (χ1) is 23.5. The second-order valence-electron chi connectivity index (χ2n) is 14.2. The molecule has 1 radical (unpaired) electrons. The average Bonchev–Trinajstić information content (AvgIpc) is 2.99. The molecule has 1 saturated heterocycles. The predicted octanol–water partition coefficient (Wildman–Crippen LogP) is 4.73. The zero-order valence-corrected chi connectivity index (χ0v) is 32.1. The van der Waals surface area contributed by atoms with E-state index >= 15 is 0 Å².